The van der Waals surface area contributed by atoms with E-state index in [4.69, 9.17) is 5.73 Å². The first-order chi connectivity index (χ1) is 8.75. The van der Waals surface area contributed by atoms with Crippen molar-refractivity contribution in [1.82, 2.24) is 0 Å². The number of Topliss-reactive ketones (excluding diaryl/α,β-unsaturated/α-hetero) is 1. The first-order valence-corrected chi connectivity index (χ1v) is 6.56. The van der Waals surface area contributed by atoms with Crippen LogP contribution in [0.1, 0.15) is 38.1 Å². The lowest BCUT2D eigenvalue weighted by Gasteiger charge is -2.37. The Balaban J connectivity index is 2.60. The zero-order chi connectivity index (χ0) is 14.3. The van der Waals surface area contributed by atoms with Crippen molar-refractivity contribution in [1.29, 1.82) is 0 Å². The van der Waals surface area contributed by atoms with E-state index >= 15 is 0 Å². The van der Waals surface area contributed by atoms with Gasteiger partial charge in [-0.25, -0.2) is 0 Å². The average Bonchev–Trinajstić information content (AvgIpc) is 2.36. The highest BCUT2D eigenvalue weighted by Gasteiger charge is 2.41. The molecule has 2 aromatic rings. The van der Waals surface area contributed by atoms with Crippen LogP contribution in [0.3, 0.4) is 0 Å². The summed E-state index contributed by atoms with van der Waals surface area (Å²) >= 11 is 0. The number of hydrogen-bond donors (Lipinski definition) is 1. The molecule has 2 rings (SSSR count). The van der Waals surface area contributed by atoms with Crippen LogP contribution >= 0.6 is 0 Å². The molecule has 0 fully saturated rings. The van der Waals surface area contributed by atoms with Gasteiger partial charge >= 0.3 is 0 Å². The molecule has 0 atom stereocenters. The largest absolute Gasteiger partial charge is 0.325 e. The van der Waals surface area contributed by atoms with Gasteiger partial charge in [-0.05, 0) is 24.6 Å². The van der Waals surface area contributed by atoms with Gasteiger partial charge in [-0.2, -0.15) is 0 Å². The molecular weight excluding hydrogens is 234 g/mol. The van der Waals surface area contributed by atoms with Crippen LogP contribution in [-0.2, 0) is 0 Å². The molecule has 2 nitrogen and oxygen atoms in total. The summed E-state index contributed by atoms with van der Waals surface area (Å²) in [5, 5.41) is 2.08. The van der Waals surface area contributed by atoms with Crippen molar-refractivity contribution in [2.75, 3.05) is 0 Å². The third kappa shape index (κ3) is 2.28. The second-order valence-corrected chi connectivity index (χ2v) is 6.20. The minimum atomic E-state index is -0.614. The van der Waals surface area contributed by atoms with Gasteiger partial charge in [-0.15, -0.1) is 0 Å². The third-order valence-corrected chi connectivity index (χ3v) is 4.21. The van der Waals surface area contributed by atoms with E-state index in [1.165, 1.54) is 0 Å². The first kappa shape index (κ1) is 13.8. The lowest BCUT2D eigenvalue weighted by Crippen LogP contribution is -2.51. The minimum absolute atomic E-state index is 0.0943. The number of ketones is 1. The number of carbonyl (C=O) groups is 1. The van der Waals surface area contributed by atoms with Crippen LogP contribution in [0.25, 0.3) is 10.8 Å². The van der Waals surface area contributed by atoms with Crippen molar-refractivity contribution >= 4 is 16.6 Å². The number of fused-ring (bicyclic) bond motifs is 1. The molecule has 0 unspecified atom stereocenters. The molecule has 0 aliphatic heterocycles. The van der Waals surface area contributed by atoms with Crippen LogP contribution < -0.4 is 5.73 Å². The van der Waals surface area contributed by atoms with Crippen LogP contribution in [0, 0.1) is 5.41 Å². The summed E-state index contributed by atoms with van der Waals surface area (Å²) in [7, 11) is 0. The topological polar surface area (TPSA) is 43.1 Å². The maximum Gasteiger partial charge on any atom is 0.170 e. The molecular formula is C17H21NO. The third-order valence-electron chi connectivity index (χ3n) is 4.21. The summed E-state index contributed by atoms with van der Waals surface area (Å²) in [6.45, 7) is 7.63. The number of benzene rings is 2. The monoisotopic (exact) mass is 255 g/mol. The molecule has 0 saturated heterocycles. The fraction of sp³-hybridized carbons (Fsp3) is 0.353. The lowest BCUT2D eigenvalue weighted by atomic mass is 9.70. The van der Waals surface area contributed by atoms with Crippen molar-refractivity contribution in [3.63, 3.8) is 0 Å². The Morgan fingerprint density at radius 2 is 1.53 bits per heavy atom. The summed E-state index contributed by atoms with van der Waals surface area (Å²) in [5.74, 6) is 0.0943. The maximum atomic E-state index is 12.8. The smallest absolute Gasteiger partial charge is 0.170 e. The van der Waals surface area contributed by atoms with Crippen LogP contribution in [0.15, 0.2) is 42.5 Å². The van der Waals surface area contributed by atoms with E-state index in [1.54, 1.807) is 0 Å². The summed E-state index contributed by atoms with van der Waals surface area (Å²) < 4.78 is 0. The Morgan fingerprint density at radius 3 is 2.16 bits per heavy atom. The summed E-state index contributed by atoms with van der Waals surface area (Å²) in [6.07, 6.45) is 0. The standard InChI is InChI=1S/C17H21NO/c1-16(2,17(3,4)18)15(19)14-11-7-9-12-8-5-6-10-13(12)14/h5-11H,18H2,1-4H3. The van der Waals surface area contributed by atoms with Crippen LogP contribution in [0.4, 0.5) is 0 Å². The van der Waals surface area contributed by atoms with Crippen molar-refractivity contribution < 1.29 is 4.79 Å². The van der Waals surface area contributed by atoms with Gasteiger partial charge in [0.05, 0.1) is 0 Å². The van der Waals surface area contributed by atoms with E-state index in [0.717, 1.165) is 16.3 Å². The van der Waals surface area contributed by atoms with E-state index in [9.17, 15) is 4.79 Å². The Kier molecular flexibility index (Phi) is 3.23. The molecule has 0 bridgehead atoms. The van der Waals surface area contributed by atoms with Gasteiger partial charge in [0.25, 0.3) is 0 Å². The molecule has 2 heteroatoms. The minimum Gasteiger partial charge on any atom is -0.325 e. The highest BCUT2D eigenvalue weighted by atomic mass is 16.1. The molecule has 0 aliphatic rings. The summed E-state index contributed by atoms with van der Waals surface area (Å²) in [4.78, 5) is 12.8. The SMILES string of the molecule is CC(C)(N)C(C)(C)C(=O)c1cccc2ccccc12. The summed E-state index contributed by atoms with van der Waals surface area (Å²) in [6, 6.07) is 13.8. The Labute approximate surface area is 114 Å². The average molecular weight is 255 g/mol. The Hall–Kier alpha value is -1.67. The van der Waals surface area contributed by atoms with E-state index in [-0.39, 0.29) is 5.78 Å². The fourth-order valence-corrected chi connectivity index (χ4v) is 2.05. The number of rotatable bonds is 3. The van der Waals surface area contributed by atoms with Gasteiger partial charge in [0, 0.05) is 16.5 Å². The first-order valence-electron chi connectivity index (χ1n) is 6.56. The van der Waals surface area contributed by atoms with E-state index in [1.807, 2.05) is 70.2 Å². The number of nitrogens with two attached hydrogens (primary N) is 1. The highest BCUT2D eigenvalue weighted by Crippen LogP contribution is 2.34. The molecule has 0 aliphatic carbocycles. The molecule has 19 heavy (non-hydrogen) atoms. The molecule has 0 heterocycles. The van der Waals surface area contributed by atoms with Crippen molar-refractivity contribution in [3.8, 4) is 0 Å². The van der Waals surface area contributed by atoms with Crippen LogP contribution in [0.2, 0.25) is 0 Å². The highest BCUT2D eigenvalue weighted by molar-refractivity contribution is 6.10. The molecule has 2 N–H and O–H groups in total. The Morgan fingerprint density at radius 1 is 0.947 bits per heavy atom. The van der Waals surface area contributed by atoms with Crippen LogP contribution in [-0.4, -0.2) is 11.3 Å². The predicted molar refractivity (Wildman–Crippen MR) is 80.3 cm³/mol. The summed E-state index contributed by atoms with van der Waals surface area (Å²) in [5.41, 5.74) is 5.74. The van der Waals surface area contributed by atoms with E-state index in [0.29, 0.717) is 0 Å². The molecule has 100 valence electrons. The van der Waals surface area contributed by atoms with E-state index < -0.39 is 11.0 Å². The second kappa shape index (κ2) is 4.46. The number of carbonyl (C=O) groups excluding carboxylic acids is 1. The van der Waals surface area contributed by atoms with E-state index in [2.05, 4.69) is 0 Å². The van der Waals surface area contributed by atoms with Gasteiger partial charge in [0.15, 0.2) is 5.78 Å². The Bertz CT molecular complexity index is 615. The van der Waals surface area contributed by atoms with Gasteiger partial charge in [-0.1, -0.05) is 56.3 Å². The van der Waals surface area contributed by atoms with Crippen molar-refractivity contribution in [2.45, 2.75) is 33.2 Å². The van der Waals surface area contributed by atoms with Crippen molar-refractivity contribution in [2.24, 2.45) is 11.1 Å². The second-order valence-electron chi connectivity index (χ2n) is 6.20. The molecule has 0 saturated carbocycles. The zero-order valence-electron chi connectivity index (χ0n) is 12.0. The molecule has 0 amide bonds. The van der Waals surface area contributed by atoms with Crippen molar-refractivity contribution in [3.05, 3.63) is 48.0 Å². The lowest BCUT2D eigenvalue weighted by molar-refractivity contribution is 0.0737. The quantitative estimate of drug-likeness (QED) is 0.848. The van der Waals surface area contributed by atoms with Gasteiger partial charge < -0.3 is 5.73 Å². The predicted octanol–water partition coefficient (Wildman–Crippen LogP) is 3.79. The normalized spacial score (nSPS) is 12.7. The number of hydrogen-bond acceptors (Lipinski definition) is 2. The molecule has 0 radical (unpaired) electrons. The molecule has 0 spiro atoms. The van der Waals surface area contributed by atoms with Gasteiger partial charge in [0.2, 0.25) is 0 Å². The van der Waals surface area contributed by atoms with Crippen LogP contribution in [0.5, 0.6) is 0 Å². The van der Waals surface area contributed by atoms with Gasteiger partial charge in [0.1, 0.15) is 0 Å². The molecule has 2 aromatic carbocycles. The molecule has 0 aromatic heterocycles. The zero-order valence-corrected chi connectivity index (χ0v) is 12.0. The fourth-order valence-electron chi connectivity index (χ4n) is 2.05. The van der Waals surface area contributed by atoms with Gasteiger partial charge in [-0.3, -0.25) is 4.79 Å². The maximum absolute atomic E-state index is 12.8.